The van der Waals surface area contributed by atoms with Crippen LogP contribution < -0.4 is 26.6 Å². The van der Waals surface area contributed by atoms with Gasteiger partial charge in [0, 0.05) is 110 Å². The van der Waals surface area contributed by atoms with Crippen LogP contribution >= 0.6 is 68.0 Å². The molecule has 10 bridgehead atoms. The Kier molecular flexibility index (Phi) is 22.1. The number of carbonyl (C=O) groups is 6. The summed E-state index contributed by atoms with van der Waals surface area (Å²) in [7, 11) is 3.08. The summed E-state index contributed by atoms with van der Waals surface area (Å²) >= 11 is 7.73. The number of benzene rings is 1. The summed E-state index contributed by atoms with van der Waals surface area (Å²) in [5.74, 6) is -1.92. The number of nitrogens with one attached hydrogen (secondary N) is 5. The normalized spacial score (nSPS) is 20.5. The highest BCUT2D eigenvalue weighted by molar-refractivity contribution is 7.15. The molecular weight excluding hydrogens is 1340 g/mol. The molecule has 0 unspecified atom stereocenters. The number of Topliss-reactive ketones (excluding diaryl/α,β-unsaturated/α-hetero) is 1. The summed E-state index contributed by atoms with van der Waals surface area (Å²) in [6, 6.07) is 10.8. The van der Waals surface area contributed by atoms with Gasteiger partial charge < -0.3 is 46.2 Å². The number of ether oxygens (including phenoxy) is 1. The van der Waals surface area contributed by atoms with Gasteiger partial charge in [-0.25, -0.2) is 34.9 Å². The number of anilines is 1. The number of amides is 5. The molecule has 0 radical (unpaired) electrons. The Balaban J connectivity index is 0.825. The van der Waals surface area contributed by atoms with Gasteiger partial charge in [-0.15, -0.1) is 68.0 Å². The quantitative estimate of drug-likeness (QED) is 0.0590. The molecule has 7 aromatic heterocycles. The topological polar surface area (TPSA) is 292 Å². The first-order valence-electron chi connectivity index (χ1n) is 32.3. The van der Waals surface area contributed by atoms with E-state index in [1.54, 1.807) is 43.0 Å². The highest BCUT2D eigenvalue weighted by Gasteiger charge is 2.36. The SMILES string of the molecule is C=C1NCC(=O)N[C@@H]([C@@H](O)c2ccccc2)c2nc(cs2)-c2nc(cs2)-c2nc(-c3nc(NC(=O)C4CCC(C(=O)N5CCN(CCN6CCCC6)CC5)CC4)cs3)ccc2-c2nc(cs2)C(=O)N[C@@H](CC(=O)NC)c2nc(c(C)s2)C(=O)C[C@H](C(C)C)c2nc1c(COC)s2. The minimum atomic E-state index is -1.21. The number of likely N-dealkylation sites (tertiary alicyclic amines) is 1. The maximum Gasteiger partial charge on any atom is 0.271 e. The second-order valence-corrected chi connectivity index (χ2v) is 30.7. The third kappa shape index (κ3) is 15.9. The van der Waals surface area contributed by atoms with E-state index in [0.717, 1.165) is 44.1 Å². The molecule has 6 N–H and O–H groups in total. The van der Waals surface area contributed by atoms with Crippen molar-refractivity contribution in [2.24, 2.45) is 17.8 Å². The molecule has 8 aromatic rings. The monoisotopic (exact) mass is 1410 g/mol. The molecule has 0 spiro atoms. The van der Waals surface area contributed by atoms with Crippen LogP contribution in [0.25, 0.3) is 49.1 Å². The number of hydrogen-bond donors (Lipinski definition) is 6. The fourth-order valence-electron chi connectivity index (χ4n) is 12.6. The van der Waals surface area contributed by atoms with Gasteiger partial charge in [0.15, 0.2) is 5.78 Å². The number of hydrogen-bond acceptors (Lipinski definition) is 24. The van der Waals surface area contributed by atoms with E-state index in [1.807, 2.05) is 53.8 Å². The zero-order valence-corrected chi connectivity index (χ0v) is 59.0. The van der Waals surface area contributed by atoms with Crippen molar-refractivity contribution in [1.82, 2.24) is 70.9 Å². The van der Waals surface area contributed by atoms with E-state index in [2.05, 4.69) is 43.0 Å². The van der Waals surface area contributed by atoms with Gasteiger partial charge in [0.2, 0.25) is 23.6 Å². The number of aromatic nitrogens is 7. The third-order valence-electron chi connectivity index (χ3n) is 18.0. The van der Waals surface area contributed by atoms with Crippen molar-refractivity contribution >= 4 is 115 Å². The Hall–Kier alpha value is -7.45. The molecule has 23 nitrogen and oxygen atoms in total. The first-order chi connectivity index (χ1) is 46.5. The van der Waals surface area contributed by atoms with Gasteiger partial charge in [0.1, 0.15) is 77.2 Å². The van der Waals surface area contributed by atoms with Gasteiger partial charge in [0.25, 0.3) is 5.91 Å². The summed E-state index contributed by atoms with van der Waals surface area (Å²) in [4.78, 5) is 127. The molecule has 504 valence electrons. The van der Waals surface area contributed by atoms with Crippen LogP contribution in [0.4, 0.5) is 5.82 Å². The lowest BCUT2D eigenvalue weighted by molar-refractivity contribution is -0.139. The van der Waals surface area contributed by atoms with E-state index >= 15 is 0 Å². The number of carbonyl (C=O) groups excluding carboxylic acids is 6. The van der Waals surface area contributed by atoms with E-state index in [4.69, 9.17) is 39.6 Å². The molecule has 1 saturated carbocycles. The second kappa shape index (κ2) is 31.0. The number of ketones is 1. The number of methoxy groups -OCH3 is 1. The van der Waals surface area contributed by atoms with Gasteiger partial charge >= 0.3 is 0 Å². The van der Waals surface area contributed by atoms with Crippen LogP contribution in [0.1, 0.15) is 146 Å². The molecule has 5 amide bonds. The molecular formula is C67H77N15O8S6. The van der Waals surface area contributed by atoms with Crippen molar-refractivity contribution in [3.8, 4) is 43.4 Å². The first kappa shape index (κ1) is 68.5. The Bertz CT molecular complexity index is 4120. The van der Waals surface area contributed by atoms with Gasteiger partial charge in [0.05, 0.1) is 46.9 Å². The van der Waals surface area contributed by atoms with Crippen LogP contribution in [-0.4, -0.2) is 163 Å². The van der Waals surface area contributed by atoms with Gasteiger partial charge in [-0.3, -0.25) is 33.7 Å². The number of rotatable bonds is 14. The van der Waals surface area contributed by atoms with E-state index in [-0.39, 0.29) is 84.6 Å². The van der Waals surface area contributed by atoms with Gasteiger partial charge in [-0.1, -0.05) is 50.8 Å². The number of thiazole rings is 6. The Morgan fingerprint density at radius 2 is 1.39 bits per heavy atom. The van der Waals surface area contributed by atoms with Crippen molar-refractivity contribution in [3.63, 3.8) is 0 Å². The smallest absolute Gasteiger partial charge is 0.271 e. The number of aryl methyl sites for hydroxylation is 1. The molecule has 12 rings (SSSR count). The largest absolute Gasteiger partial charge is 0.386 e. The third-order valence-corrected chi connectivity index (χ3v) is 23.8. The van der Waals surface area contributed by atoms with Crippen LogP contribution in [0.5, 0.6) is 0 Å². The molecule has 10 heterocycles. The van der Waals surface area contributed by atoms with E-state index in [9.17, 15) is 33.9 Å². The summed E-state index contributed by atoms with van der Waals surface area (Å²) in [5, 5.41) is 36.9. The number of pyridine rings is 1. The number of aliphatic hydroxyl groups is 1. The maximum atomic E-state index is 14.5. The molecule has 4 atom stereocenters. The lowest BCUT2D eigenvalue weighted by atomic mass is 9.81. The van der Waals surface area contributed by atoms with E-state index < -0.39 is 30.0 Å². The Labute approximate surface area is 580 Å². The Morgan fingerprint density at radius 1 is 0.708 bits per heavy atom. The van der Waals surface area contributed by atoms with Crippen LogP contribution in [0.2, 0.25) is 0 Å². The number of piperazine rings is 1. The number of aliphatic hydroxyl groups excluding tert-OH is 1. The maximum absolute atomic E-state index is 14.5. The van der Waals surface area contributed by atoms with Crippen molar-refractivity contribution < 1.29 is 38.6 Å². The molecule has 1 aliphatic carbocycles. The predicted octanol–water partition coefficient (Wildman–Crippen LogP) is 10.0. The molecule has 3 aliphatic heterocycles. The first-order valence-corrected chi connectivity index (χ1v) is 37.5. The van der Waals surface area contributed by atoms with Gasteiger partial charge in [-0.2, -0.15) is 0 Å². The van der Waals surface area contributed by atoms with Crippen molar-refractivity contribution in [2.75, 3.05) is 78.4 Å². The average molecular weight is 1410 g/mol. The highest BCUT2D eigenvalue weighted by Crippen LogP contribution is 2.42. The number of fused-ring (bicyclic) bond motifs is 14. The molecule has 1 aromatic carbocycles. The zero-order valence-electron chi connectivity index (χ0n) is 54.1. The summed E-state index contributed by atoms with van der Waals surface area (Å²) < 4.78 is 5.60. The predicted molar refractivity (Wildman–Crippen MR) is 376 cm³/mol. The van der Waals surface area contributed by atoms with Crippen molar-refractivity contribution in [2.45, 2.75) is 103 Å². The molecule has 2 saturated heterocycles. The lowest BCUT2D eigenvalue weighted by Crippen LogP contribution is -2.51. The summed E-state index contributed by atoms with van der Waals surface area (Å²) in [6.45, 7) is 17.8. The van der Waals surface area contributed by atoms with Crippen LogP contribution in [0.3, 0.4) is 0 Å². The van der Waals surface area contributed by atoms with Crippen molar-refractivity contribution in [1.29, 1.82) is 0 Å². The molecule has 96 heavy (non-hydrogen) atoms. The highest BCUT2D eigenvalue weighted by atomic mass is 32.1. The Morgan fingerprint density at radius 3 is 2.12 bits per heavy atom. The van der Waals surface area contributed by atoms with Gasteiger partial charge in [-0.05, 0) is 82.2 Å². The number of nitrogens with zero attached hydrogens (tertiary/aromatic N) is 10. The minimum absolute atomic E-state index is 0.0500. The van der Waals surface area contributed by atoms with Crippen LogP contribution in [0.15, 0.2) is 70.6 Å². The summed E-state index contributed by atoms with van der Waals surface area (Å²) in [6.07, 6.45) is 3.78. The lowest BCUT2D eigenvalue weighted by Gasteiger charge is -2.38. The fraction of sp³-hybridized carbons (Fsp3) is 0.448. The molecule has 29 heteroatoms. The summed E-state index contributed by atoms with van der Waals surface area (Å²) in [5.41, 5.74) is 4.10. The molecule has 4 aliphatic rings. The minimum Gasteiger partial charge on any atom is -0.386 e. The van der Waals surface area contributed by atoms with E-state index in [1.165, 1.54) is 101 Å². The van der Waals surface area contributed by atoms with Crippen molar-refractivity contribution in [3.05, 3.63) is 118 Å². The van der Waals surface area contributed by atoms with E-state index in [0.29, 0.717) is 112 Å². The second-order valence-electron chi connectivity index (χ2n) is 24.9. The zero-order chi connectivity index (χ0) is 67.1. The standard InChI is InChI=1S/C67H77N15O8S6/c1-36(2)43-28-49(83)55-38(4)95-65(79-55)45(29-52(84)68-5)71-60(88)47-33-91-61(73-47)42-18-19-44(63-76-51(35-94-63)75-59(87)40-14-16-41(17-15-40)67(89)82-26-24-81(25-27-82)23-22-80-20-10-11-21-80)70-56(42)46-32-92-64(72-46)48-34-93-66(74-48)57(58(86)39-12-8-7-9-13-39)77-53(85)30-69-37(3)54-50(31-90-6)96-62(43)78-54/h7-9,12-13,18-19,32-36,40-41,43,45,57-58,69,86H,3,10-11,14-17,20-31H2,1-2,4-6H3,(H,68,84)(H,71,88)(H,75,87)(H,77,85)/t40?,41?,43-,45+,57+,58+/m1/s1. The fourth-order valence-corrected chi connectivity index (χ4v) is 18.1. The van der Waals surface area contributed by atoms with Crippen LogP contribution in [0, 0.1) is 24.7 Å². The molecule has 3 fully saturated rings. The van der Waals surface area contributed by atoms with Crippen LogP contribution in [-0.2, 0) is 30.5 Å². The average Bonchev–Trinajstić information content (AvgIpc) is 1.61.